The first-order valence-corrected chi connectivity index (χ1v) is 8.04. The Kier molecular flexibility index (Phi) is 4.33. The Bertz CT molecular complexity index is 409. The van der Waals surface area contributed by atoms with Crippen molar-refractivity contribution in [3.8, 4) is 0 Å². The molecule has 0 bridgehead atoms. The molecule has 1 saturated carbocycles. The van der Waals surface area contributed by atoms with Gasteiger partial charge in [-0.2, -0.15) is 0 Å². The number of methoxy groups -OCH3 is 1. The van der Waals surface area contributed by atoms with Crippen LogP contribution in [0.25, 0.3) is 0 Å². The molecule has 0 radical (unpaired) electrons. The van der Waals surface area contributed by atoms with Gasteiger partial charge in [0, 0.05) is 39.3 Å². The van der Waals surface area contributed by atoms with E-state index in [1.54, 1.807) is 0 Å². The lowest BCUT2D eigenvalue weighted by atomic mass is 9.94. The first-order chi connectivity index (χ1) is 10.2. The number of fused-ring (bicyclic) bond motifs is 1. The van der Waals surface area contributed by atoms with Gasteiger partial charge in [0.05, 0.1) is 6.04 Å². The van der Waals surface area contributed by atoms with Crippen molar-refractivity contribution in [3.63, 3.8) is 0 Å². The number of rotatable bonds is 3. The minimum Gasteiger partial charge on any atom is -0.375 e. The SMILES string of the molecule is COCC(=O)N1CCN2C(=O)N(C3CCCCC3)CC2C1. The van der Waals surface area contributed by atoms with Crippen molar-refractivity contribution >= 4 is 11.9 Å². The molecular formula is C15H25N3O3. The molecule has 6 nitrogen and oxygen atoms in total. The number of nitrogens with zero attached hydrogens (tertiary/aromatic N) is 3. The zero-order valence-electron chi connectivity index (χ0n) is 12.8. The van der Waals surface area contributed by atoms with Gasteiger partial charge >= 0.3 is 6.03 Å². The van der Waals surface area contributed by atoms with Gasteiger partial charge in [-0.3, -0.25) is 4.79 Å². The first-order valence-electron chi connectivity index (χ1n) is 8.04. The van der Waals surface area contributed by atoms with Crippen LogP contribution < -0.4 is 0 Å². The Morgan fingerprint density at radius 1 is 1.10 bits per heavy atom. The lowest BCUT2D eigenvalue weighted by Crippen LogP contribution is -2.54. The summed E-state index contributed by atoms with van der Waals surface area (Å²) in [5, 5.41) is 0. The number of piperazine rings is 1. The van der Waals surface area contributed by atoms with Crippen LogP contribution in [-0.2, 0) is 9.53 Å². The van der Waals surface area contributed by atoms with E-state index < -0.39 is 0 Å². The van der Waals surface area contributed by atoms with Crippen molar-refractivity contribution in [2.24, 2.45) is 0 Å². The maximum absolute atomic E-state index is 12.6. The molecule has 3 rings (SSSR count). The number of carbonyl (C=O) groups excluding carboxylic acids is 2. The minimum absolute atomic E-state index is 0.0284. The van der Waals surface area contributed by atoms with E-state index in [-0.39, 0.29) is 24.6 Å². The highest BCUT2D eigenvalue weighted by Gasteiger charge is 2.43. The van der Waals surface area contributed by atoms with Gasteiger partial charge in [-0.15, -0.1) is 0 Å². The highest BCUT2D eigenvalue weighted by molar-refractivity contribution is 5.80. The van der Waals surface area contributed by atoms with Crippen molar-refractivity contribution in [1.82, 2.24) is 14.7 Å². The topological polar surface area (TPSA) is 53.1 Å². The van der Waals surface area contributed by atoms with Gasteiger partial charge in [-0.1, -0.05) is 19.3 Å². The molecule has 2 saturated heterocycles. The van der Waals surface area contributed by atoms with Crippen LogP contribution in [0.15, 0.2) is 0 Å². The van der Waals surface area contributed by atoms with Gasteiger partial charge in [-0.05, 0) is 12.8 Å². The fourth-order valence-corrected chi connectivity index (χ4v) is 3.87. The predicted octanol–water partition coefficient (Wildman–Crippen LogP) is 0.914. The number of hydrogen-bond acceptors (Lipinski definition) is 3. The summed E-state index contributed by atoms with van der Waals surface area (Å²) in [6.07, 6.45) is 6.04. The van der Waals surface area contributed by atoms with E-state index in [2.05, 4.69) is 4.90 Å². The smallest absolute Gasteiger partial charge is 0.320 e. The monoisotopic (exact) mass is 295 g/mol. The molecule has 3 aliphatic rings. The van der Waals surface area contributed by atoms with Crippen molar-refractivity contribution in [2.75, 3.05) is 39.9 Å². The zero-order chi connectivity index (χ0) is 14.8. The van der Waals surface area contributed by atoms with Crippen LogP contribution in [0.2, 0.25) is 0 Å². The lowest BCUT2D eigenvalue weighted by molar-refractivity contribution is -0.137. The van der Waals surface area contributed by atoms with Crippen LogP contribution in [0.3, 0.4) is 0 Å². The molecule has 118 valence electrons. The Morgan fingerprint density at radius 3 is 2.57 bits per heavy atom. The summed E-state index contributed by atoms with van der Waals surface area (Å²) in [5.74, 6) is 0.0284. The average Bonchev–Trinajstić information content (AvgIpc) is 2.85. The summed E-state index contributed by atoms with van der Waals surface area (Å²) in [4.78, 5) is 30.4. The summed E-state index contributed by atoms with van der Waals surface area (Å²) >= 11 is 0. The predicted molar refractivity (Wildman–Crippen MR) is 77.9 cm³/mol. The Labute approximate surface area is 126 Å². The van der Waals surface area contributed by atoms with Crippen molar-refractivity contribution < 1.29 is 14.3 Å². The van der Waals surface area contributed by atoms with Gasteiger partial charge in [0.2, 0.25) is 5.91 Å². The minimum atomic E-state index is 0.0284. The largest absolute Gasteiger partial charge is 0.375 e. The first kappa shape index (κ1) is 14.6. The van der Waals surface area contributed by atoms with Crippen LogP contribution >= 0.6 is 0 Å². The Balaban J connectivity index is 1.62. The number of ether oxygens (including phenoxy) is 1. The Hall–Kier alpha value is -1.30. The van der Waals surface area contributed by atoms with Crippen LogP contribution in [0.5, 0.6) is 0 Å². The number of amides is 3. The normalized spacial score (nSPS) is 27.2. The molecule has 0 aromatic rings. The van der Waals surface area contributed by atoms with E-state index in [0.717, 1.165) is 19.4 Å². The maximum atomic E-state index is 12.6. The summed E-state index contributed by atoms with van der Waals surface area (Å²) in [7, 11) is 1.54. The Morgan fingerprint density at radius 2 is 1.86 bits per heavy atom. The number of carbonyl (C=O) groups is 2. The van der Waals surface area contributed by atoms with Gasteiger partial charge in [-0.25, -0.2) is 4.79 Å². The molecule has 21 heavy (non-hydrogen) atoms. The quantitative estimate of drug-likeness (QED) is 0.778. The standard InChI is InChI=1S/C15H25N3O3/c1-21-11-14(19)16-7-8-17-13(9-16)10-18(15(17)20)12-5-3-2-4-6-12/h12-13H,2-11H2,1H3. The summed E-state index contributed by atoms with van der Waals surface area (Å²) in [5.41, 5.74) is 0. The second-order valence-corrected chi connectivity index (χ2v) is 6.35. The summed E-state index contributed by atoms with van der Waals surface area (Å²) < 4.78 is 4.92. The number of urea groups is 1. The van der Waals surface area contributed by atoms with E-state index >= 15 is 0 Å². The summed E-state index contributed by atoms with van der Waals surface area (Å²) in [6, 6.07) is 0.764. The third-order valence-corrected chi connectivity index (χ3v) is 5.02. The van der Waals surface area contributed by atoms with Crippen LogP contribution in [0.1, 0.15) is 32.1 Å². The van der Waals surface area contributed by atoms with E-state index in [1.165, 1.54) is 26.4 Å². The molecule has 0 aromatic carbocycles. The van der Waals surface area contributed by atoms with Crippen LogP contribution in [0.4, 0.5) is 4.79 Å². The highest BCUT2D eigenvalue weighted by atomic mass is 16.5. The van der Waals surface area contributed by atoms with Gasteiger partial charge in [0.25, 0.3) is 0 Å². The molecular weight excluding hydrogens is 270 g/mol. The van der Waals surface area contributed by atoms with Crippen molar-refractivity contribution in [2.45, 2.75) is 44.2 Å². The van der Waals surface area contributed by atoms with E-state index in [4.69, 9.17) is 4.74 Å². The molecule has 1 atom stereocenters. The fraction of sp³-hybridized carbons (Fsp3) is 0.867. The lowest BCUT2D eigenvalue weighted by Gasteiger charge is -2.36. The molecule has 1 aliphatic carbocycles. The zero-order valence-corrected chi connectivity index (χ0v) is 12.8. The van der Waals surface area contributed by atoms with Crippen molar-refractivity contribution in [3.05, 3.63) is 0 Å². The third kappa shape index (κ3) is 2.86. The third-order valence-electron chi connectivity index (χ3n) is 5.02. The van der Waals surface area contributed by atoms with Gasteiger partial charge < -0.3 is 19.4 Å². The van der Waals surface area contributed by atoms with Gasteiger partial charge in [0.1, 0.15) is 6.61 Å². The molecule has 3 amide bonds. The summed E-state index contributed by atoms with van der Waals surface area (Å²) in [6.45, 7) is 2.84. The maximum Gasteiger partial charge on any atom is 0.320 e. The molecule has 3 fully saturated rings. The molecule has 1 unspecified atom stereocenters. The number of hydrogen-bond donors (Lipinski definition) is 0. The average molecular weight is 295 g/mol. The van der Waals surface area contributed by atoms with E-state index in [1.807, 2.05) is 9.80 Å². The molecule has 6 heteroatoms. The highest BCUT2D eigenvalue weighted by Crippen LogP contribution is 2.29. The second kappa shape index (κ2) is 6.22. The van der Waals surface area contributed by atoms with Crippen LogP contribution in [0, 0.1) is 0 Å². The molecule has 2 aliphatic heterocycles. The van der Waals surface area contributed by atoms with Crippen LogP contribution in [-0.4, -0.2) is 78.6 Å². The van der Waals surface area contributed by atoms with E-state index in [9.17, 15) is 9.59 Å². The fourth-order valence-electron chi connectivity index (χ4n) is 3.87. The molecule has 0 spiro atoms. The van der Waals surface area contributed by atoms with Gasteiger partial charge in [0.15, 0.2) is 0 Å². The molecule has 0 aromatic heterocycles. The molecule has 2 heterocycles. The van der Waals surface area contributed by atoms with E-state index in [0.29, 0.717) is 25.7 Å². The second-order valence-electron chi connectivity index (χ2n) is 6.35. The molecule has 0 N–H and O–H groups in total. The van der Waals surface area contributed by atoms with Crippen molar-refractivity contribution in [1.29, 1.82) is 0 Å².